The van der Waals surface area contributed by atoms with Crippen LogP contribution in [0.4, 0.5) is 5.00 Å². The molecule has 1 amide bonds. The molecule has 7 heteroatoms. The molecule has 1 atom stereocenters. The van der Waals surface area contributed by atoms with Gasteiger partial charge in [0.05, 0.1) is 9.80 Å². The number of likely N-dealkylation sites (N-methyl/N-ethyl adjacent to an activating group) is 1. The molecule has 0 fully saturated rings. The zero-order valence-corrected chi connectivity index (χ0v) is 9.84. The summed E-state index contributed by atoms with van der Waals surface area (Å²) in [4.78, 5) is 21.8. The topological polar surface area (TPSA) is 84.3 Å². The third kappa shape index (κ3) is 3.28. The van der Waals surface area contributed by atoms with E-state index in [1.807, 2.05) is 6.92 Å². The molecule has 0 radical (unpaired) electrons. The van der Waals surface area contributed by atoms with Gasteiger partial charge in [-0.05, 0) is 20.0 Å². The predicted octanol–water partition coefficient (Wildman–Crippen LogP) is 0.994. The molecule has 2 N–H and O–H groups in total. The third-order valence-electron chi connectivity index (χ3n) is 2.06. The first kappa shape index (κ1) is 12.6. The monoisotopic (exact) mass is 243 g/mol. The van der Waals surface area contributed by atoms with Crippen LogP contribution in [0.25, 0.3) is 0 Å². The van der Waals surface area contributed by atoms with Crippen LogP contribution in [0.3, 0.4) is 0 Å². The quantitative estimate of drug-likeness (QED) is 0.596. The van der Waals surface area contributed by atoms with E-state index in [1.165, 1.54) is 12.1 Å². The zero-order valence-electron chi connectivity index (χ0n) is 9.02. The summed E-state index contributed by atoms with van der Waals surface area (Å²) in [5.41, 5.74) is 0. The lowest BCUT2D eigenvalue weighted by Crippen LogP contribution is -2.36. The van der Waals surface area contributed by atoms with Gasteiger partial charge in [-0.3, -0.25) is 14.9 Å². The Bertz CT molecular complexity index is 391. The first-order valence-electron chi connectivity index (χ1n) is 4.74. The molecule has 6 nitrogen and oxygen atoms in total. The Balaban J connectivity index is 2.56. The Morgan fingerprint density at radius 1 is 1.62 bits per heavy atom. The van der Waals surface area contributed by atoms with Gasteiger partial charge in [0, 0.05) is 18.7 Å². The van der Waals surface area contributed by atoms with Crippen molar-refractivity contribution in [1.29, 1.82) is 0 Å². The Morgan fingerprint density at radius 2 is 2.31 bits per heavy atom. The fraction of sp³-hybridized carbons (Fsp3) is 0.444. The summed E-state index contributed by atoms with van der Waals surface area (Å²) in [5.74, 6) is -0.278. The van der Waals surface area contributed by atoms with Crippen molar-refractivity contribution in [3.63, 3.8) is 0 Å². The van der Waals surface area contributed by atoms with Gasteiger partial charge in [0.2, 0.25) is 0 Å². The van der Waals surface area contributed by atoms with E-state index in [-0.39, 0.29) is 17.0 Å². The zero-order chi connectivity index (χ0) is 12.1. The van der Waals surface area contributed by atoms with Gasteiger partial charge in [-0.15, -0.1) is 0 Å². The first-order valence-corrected chi connectivity index (χ1v) is 5.56. The highest BCUT2D eigenvalue weighted by Gasteiger charge is 2.15. The van der Waals surface area contributed by atoms with Gasteiger partial charge in [0.25, 0.3) is 5.91 Å². The van der Waals surface area contributed by atoms with Gasteiger partial charge in [-0.2, -0.15) is 0 Å². The molecular formula is C9H13N3O3S. The number of hydrogen-bond donors (Lipinski definition) is 2. The molecule has 0 aromatic carbocycles. The smallest absolute Gasteiger partial charge is 0.324 e. The van der Waals surface area contributed by atoms with Gasteiger partial charge in [-0.1, -0.05) is 11.3 Å². The van der Waals surface area contributed by atoms with Crippen LogP contribution in [-0.4, -0.2) is 30.5 Å². The minimum absolute atomic E-state index is 0.0215. The maximum atomic E-state index is 11.5. The molecule has 88 valence electrons. The molecule has 0 saturated heterocycles. The highest BCUT2D eigenvalue weighted by molar-refractivity contribution is 7.17. The average Bonchev–Trinajstić information content (AvgIpc) is 2.74. The number of nitrogens with one attached hydrogen (secondary N) is 2. The molecule has 1 aromatic heterocycles. The molecule has 0 aliphatic carbocycles. The molecule has 0 aliphatic rings. The number of carbonyl (C=O) groups excluding carboxylic acids is 1. The molecule has 0 aliphatic heterocycles. The maximum absolute atomic E-state index is 11.5. The number of nitro groups is 1. The fourth-order valence-corrected chi connectivity index (χ4v) is 1.72. The summed E-state index contributed by atoms with van der Waals surface area (Å²) >= 11 is 0.877. The van der Waals surface area contributed by atoms with Crippen LogP contribution in [0.15, 0.2) is 12.1 Å². The maximum Gasteiger partial charge on any atom is 0.324 e. The van der Waals surface area contributed by atoms with Crippen LogP contribution in [0.2, 0.25) is 0 Å². The van der Waals surface area contributed by atoms with E-state index in [9.17, 15) is 14.9 Å². The van der Waals surface area contributed by atoms with Crippen LogP contribution in [0.5, 0.6) is 0 Å². The first-order chi connectivity index (χ1) is 7.54. The number of carbonyl (C=O) groups is 1. The lowest BCUT2D eigenvalue weighted by atomic mass is 10.3. The normalized spacial score (nSPS) is 12.1. The molecule has 0 bridgehead atoms. The number of nitrogens with zero attached hydrogens (tertiary/aromatic N) is 1. The Labute approximate surface area is 96.8 Å². The van der Waals surface area contributed by atoms with Crippen molar-refractivity contribution in [3.05, 3.63) is 27.1 Å². The minimum atomic E-state index is -0.502. The Kier molecular flexibility index (Phi) is 4.39. The van der Waals surface area contributed by atoms with E-state index in [0.29, 0.717) is 11.4 Å². The second-order valence-corrected chi connectivity index (χ2v) is 4.36. The van der Waals surface area contributed by atoms with E-state index >= 15 is 0 Å². The minimum Gasteiger partial charge on any atom is -0.350 e. The average molecular weight is 243 g/mol. The van der Waals surface area contributed by atoms with Crippen LogP contribution in [0, 0.1) is 10.1 Å². The van der Waals surface area contributed by atoms with E-state index in [2.05, 4.69) is 10.6 Å². The SMILES string of the molecule is CNC(C)CNC(=O)c1ccc([N+](=O)[O-])s1. The Hall–Kier alpha value is -1.47. The van der Waals surface area contributed by atoms with E-state index in [1.54, 1.807) is 7.05 Å². The highest BCUT2D eigenvalue weighted by Crippen LogP contribution is 2.23. The van der Waals surface area contributed by atoms with Gasteiger partial charge in [0.1, 0.15) is 0 Å². The summed E-state index contributed by atoms with van der Waals surface area (Å²) in [5, 5.41) is 16.1. The van der Waals surface area contributed by atoms with Crippen molar-refractivity contribution >= 4 is 22.2 Å². The number of thiophene rings is 1. The summed E-state index contributed by atoms with van der Waals surface area (Å²) in [6.07, 6.45) is 0. The largest absolute Gasteiger partial charge is 0.350 e. The molecule has 0 spiro atoms. The van der Waals surface area contributed by atoms with Gasteiger partial charge in [-0.25, -0.2) is 0 Å². The van der Waals surface area contributed by atoms with Crippen molar-refractivity contribution < 1.29 is 9.72 Å². The van der Waals surface area contributed by atoms with Crippen molar-refractivity contribution in [2.75, 3.05) is 13.6 Å². The fourth-order valence-electron chi connectivity index (χ4n) is 0.983. The second-order valence-electron chi connectivity index (χ2n) is 3.29. The molecule has 1 aromatic rings. The molecular weight excluding hydrogens is 230 g/mol. The van der Waals surface area contributed by atoms with Crippen LogP contribution in [0.1, 0.15) is 16.6 Å². The van der Waals surface area contributed by atoms with E-state index in [4.69, 9.17) is 0 Å². The molecule has 1 rings (SSSR count). The van der Waals surface area contributed by atoms with Crippen LogP contribution >= 0.6 is 11.3 Å². The standard InChI is InChI=1S/C9H13N3O3S/c1-6(10-2)5-11-9(13)7-3-4-8(16-7)12(14)15/h3-4,6,10H,5H2,1-2H3,(H,11,13). The van der Waals surface area contributed by atoms with E-state index in [0.717, 1.165) is 11.3 Å². The number of amides is 1. The van der Waals surface area contributed by atoms with Crippen molar-refractivity contribution in [2.24, 2.45) is 0 Å². The summed E-state index contributed by atoms with van der Waals surface area (Å²) < 4.78 is 0. The van der Waals surface area contributed by atoms with Crippen molar-refractivity contribution in [1.82, 2.24) is 10.6 Å². The van der Waals surface area contributed by atoms with Gasteiger partial charge < -0.3 is 10.6 Å². The third-order valence-corrected chi connectivity index (χ3v) is 3.09. The second kappa shape index (κ2) is 5.57. The summed E-state index contributed by atoms with van der Waals surface area (Å²) in [7, 11) is 1.80. The van der Waals surface area contributed by atoms with Crippen LogP contribution < -0.4 is 10.6 Å². The molecule has 0 saturated carbocycles. The van der Waals surface area contributed by atoms with Crippen molar-refractivity contribution in [3.8, 4) is 0 Å². The molecule has 16 heavy (non-hydrogen) atoms. The van der Waals surface area contributed by atoms with E-state index < -0.39 is 4.92 Å². The highest BCUT2D eigenvalue weighted by atomic mass is 32.1. The lowest BCUT2D eigenvalue weighted by Gasteiger charge is -2.10. The van der Waals surface area contributed by atoms with Crippen LogP contribution in [-0.2, 0) is 0 Å². The molecule has 1 unspecified atom stereocenters. The number of hydrogen-bond acceptors (Lipinski definition) is 5. The lowest BCUT2D eigenvalue weighted by molar-refractivity contribution is -0.380. The van der Waals surface area contributed by atoms with Gasteiger partial charge >= 0.3 is 5.00 Å². The summed E-state index contributed by atoms with van der Waals surface area (Å²) in [6, 6.07) is 2.96. The predicted molar refractivity (Wildman–Crippen MR) is 61.8 cm³/mol. The summed E-state index contributed by atoms with van der Waals surface area (Å²) in [6.45, 7) is 2.41. The number of rotatable bonds is 5. The van der Waals surface area contributed by atoms with Crippen molar-refractivity contribution in [2.45, 2.75) is 13.0 Å². The molecule has 1 heterocycles. The van der Waals surface area contributed by atoms with Gasteiger partial charge in [0.15, 0.2) is 0 Å². The Morgan fingerprint density at radius 3 is 2.81 bits per heavy atom.